The second-order valence-corrected chi connectivity index (χ2v) is 5.32. The minimum absolute atomic E-state index is 0.263. The Morgan fingerprint density at radius 3 is 2.52 bits per heavy atom. The fraction of sp³-hybridized carbons (Fsp3) is 0.133. The Kier molecular flexibility index (Phi) is 4.60. The van der Waals surface area contributed by atoms with Crippen LogP contribution < -0.4 is 11.1 Å². The number of hydrogen-bond acceptors (Lipinski definition) is 4. The van der Waals surface area contributed by atoms with Crippen molar-refractivity contribution in [3.05, 3.63) is 51.5 Å². The monoisotopic (exact) mass is 324 g/mol. The van der Waals surface area contributed by atoms with Gasteiger partial charge >= 0.3 is 5.97 Å². The van der Waals surface area contributed by atoms with E-state index in [4.69, 9.17) is 33.7 Å². The lowest BCUT2D eigenvalue weighted by Crippen LogP contribution is -2.07. The number of esters is 1. The van der Waals surface area contributed by atoms with Gasteiger partial charge in [0.1, 0.15) is 0 Å². The molecule has 2 rings (SSSR count). The molecule has 2 aromatic carbocycles. The van der Waals surface area contributed by atoms with E-state index in [0.29, 0.717) is 27.1 Å². The summed E-state index contributed by atoms with van der Waals surface area (Å²) < 4.78 is 4.75. The van der Waals surface area contributed by atoms with Crippen LogP contribution in [0.2, 0.25) is 10.0 Å². The van der Waals surface area contributed by atoms with Gasteiger partial charge in [0.25, 0.3) is 0 Å². The lowest BCUT2D eigenvalue weighted by atomic mass is 10.1. The third-order valence-corrected chi connectivity index (χ3v) is 3.66. The van der Waals surface area contributed by atoms with Crippen LogP contribution in [0, 0.1) is 6.92 Å². The van der Waals surface area contributed by atoms with Gasteiger partial charge in [-0.05, 0) is 36.8 Å². The van der Waals surface area contributed by atoms with E-state index in [2.05, 4.69) is 5.32 Å². The molecule has 0 unspecified atom stereocenters. The molecular weight excluding hydrogens is 311 g/mol. The van der Waals surface area contributed by atoms with Crippen molar-refractivity contribution in [2.75, 3.05) is 18.2 Å². The summed E-state index contributed by atoms with van der Waals surface area (Å²) in [6.45, 7) is 1.90. The molecule has 110 valence electrons. The number of halogens is 2. The van der Waals surface area contributed by atoms with Crippen LogP contribution >= 0.6 is 23.2 Å². The number of hydrogen-bond donors (Lipinski definition) is 2. The molecular formula is C15H14Cl2N2O2. The van der Waals surface area contributed by atoms with Gasteiger partial charge in [-0.25, -0.2) is 4.79 Å². The number of nitrogen functional groups attached to an aromatic ring is 1. The maximum atomic E-state index is 11.8. The summed E-state index contributed by atoms with van der Waals surface area (Å²) in [5.74, 6) is -0.523. The Bertz CT molecular complexity index is 702. The normalized spacial score (nSPS) is 10.3. The summed E-state index contributed by atoms with van der Waals surface area (Å²) in [4.78, 5) is 11.8. The minimum atomic E-state index is -0.523. The molecule has 0 amide bonds. The minimum Gasteiger partial charge on any atom is -0.465 e. The average Bonchev–Trinajstić information content (AvgIpc) is 2.44. The molecule has 0 saturated heterocycles. The number of benzene rings is 2. The van der Waals surface area contributed by atoms with Crippen molar-refractivity contribution in [3.63, 3.8) is 0 Å². The Labute approximate surface area is 132 Å². The lowest BCUT2D eigenvalue weighted by Gasteiger charge is -2.14. The Balaban J connectivity index is 2.47. The summed E-state index contributed by atoms with van der Waals surface area (Å²) in [6.07, 6.45) is 0. The van der Waals surface area contributed by atoms with Gasteiger partial charge in [0.2, 0.25) is 0 Å². The molecule has 0 aromatic heterocycles. The van der Waals surface area contributed by atoms with Crippen LogP contribution in [0.3, 0.4) is 0 Å². The maximum absolute atomic E-state index is 11.8. The van der Waals surface area contributed by atoms with Gasteiger partial charge < -0.3 is 15.8 Å². The van der Waals surface area contributed by atoms with Gasteiger partial charge in [0.05, 0.1) is 23.4 Å². The van der Waals surface area contributed by atoms with Crippen LogP contribution in [0.1, 0.15) is 15.9 Å². The number of rotatable bonds is 3. The summed E-state index contributed by atoms with van der Waals surface area (Å²) in [6, 6.07) is 8.54. The number of carbonyl (C=O) groups excluding carboxylic acids is 1. The number of methoxy groups -OCH3 is 1. The summed E-state index contributed by atoms with van der Waals surface area (Å²) in [5.41, 5.74) is 8.46. The van der Waals surface area contributed by atoms with Gasteiger partial charge in [-0.15, -0.1) is 0 Å². The highest BCUT2D eigenvalue weighted by molar-refractivity contribution is 6.34. The highest BCUT2D eigenvalue weighted by atomic mass is 35.5. The first-order valence-electron chi connectivity index (χ1n) is 6.13. The van der Waals surface area contributed by atoms with Crippen molar-refractivity contribution >= 4 is 46.2 Å². The van der Waals surface area contributed by atoms with Gasteiger partial charge in [-0.2, -0.15) is 0 Å². The Morgan fingerprint density at radius 1 is 1.19 bits per heavy atom. The van der Waals surface area contributed by atoms with Crippen LogP contribution in [-0.2, 0) is 4.74 Å². The maximum Gasteiger partial charge on any atom is 0.340 e. The van der Waals surface area contributed by atoms with Gasteiger partial charge in [0.15, 0.2) is 0 Å². The van der Waals surface area contributed by atoms with Gasteiger partial charge in [-0.1, -0.05) is 29.3 Å². The molecule has 0 aliphatic carbocycles. The topological polar surface area (TPSA) is 64.3 Å². The van der Waals surface area contributed by atoms with E-state index < -0.39 is 5.97 Å². The predicted octanol–water partition coefficient (Wildman–Crippen LogP) is 4.41. The Morgan fingerprint density at radius 2 is 1.90 bits per heavy atom. The van der Waals surface area contributed by atoms with E-state index in [9.17, 15) is 4.79 Å². The third-order valence-electron chi connectivity index (χ3n) is 2.96. The molecule has 3 N–H and O–H groups in total. The second kappa shape index (κ2) is 6.24. The molecule has 0 saturated carbocycles. The molecule has 6 heteroatoms. The predicted molar refractivity (Wildman–Crippen MR) is 86.7 cm³/mol. The smallest absolute Gasteiger partial charge is 0.340 e. The molecule has 0 radical (unpaired) electrons. The molecule has 0 heterocycles. The molecule has 0 spiro atoms. The van der Waals surface area contributed by atoms with Gasteiger partial charge in [-0.3, -0.25) is 0 Å². The van der Waals surface area contributed by atoms with Crippen molar-refractivity contribution < 1.29 is 9.53 Å². The SMILES string of the molecule is COC(=O)c1cc(N)cc(Cl)c1Nc1ccc(C)c(Cl)c1. The van der Waals surface area contributed by atoms with Crippen molar-refractivity contribution in [2.24, 2.45) is 0 Å². The first kappa shape index (κ1) is 15.5. The fourth-order valence-electron chi connectivity index (χ4n) is 1.84. The lowest BCUT2D eigenvalue weighted by molar-refractivity contribution is 0.0602. The van der Waals surface area contributed by atoms with Gasteiger partial charge in [0, 0.05) is 16.4 Å². The zero-order valence-corrected chi connectivity index (χ0v) is 13.0. The number of anilines is 3. The molecule has 0 atom stereocenters. The number of ether oxygens (including phenoxy) is 1. The molecule has 4 nitrogen and oxygen atoms in total. The van der Waals surface area contributed by atoms with E-state index in [1.807, 2.05) is 19.1 Å². The highest BCUT2D eigenvalue weighted by Gasteiger charge is 2.16. The van der Waals surface area contributed by atoms with E-state index in [0.717, 1.165) is 5.56 Å². The van der Waals surface area contributed by atoms with E-state index in [1.165, 1.54) is 13.2 Å². The van der Waals surface area contributed by atoms with Crippen molar-refractivity contribution in [1.29, 1.82) is 0 Å². The van der Waals surface area contributed by atoms with E-state index in [1.54, 1.807) is 12.1 Å². The number of nitrogens with one attached hydrogen (secondary N) is 1. The second-order valence-electron chi connectivity index (χ2n) is 4.51. The van der Waals surface area contributed by atoms with Crippen molar-refractivity contribution in [3.8, 4) is 0 Å². The van der Waals surface area contributed by atoms with Crippen molar-refractivity contribution in [1.82, 2.24) is 0 Å². The number of carbonyl (C=O) groups is 1. The highest BCUT2D eigenvalue weighted by Crippen LogP contribution is 2.33. The quantitative estimate of drug-likeness (QED) is 0.648. The van der Waals surface area contributed by atoms with Crippen LogP contribution in [0.15, 0.2) is 30.3 Å². The first-order chi connectivity index (χ1) is 9.92. The van der Waals surface area contributed by atoms with Crippen LogP contribution in [-0.4, -0.2) is 13.1 Å². The molecule has 0 fully saturated rings. The Hall–Kier alpha value is -1.91. The fourth-order valence-corrected chi connectivity index (χ4v) is 2.30. The van der Waals surface area contributed by atoms with Crippen LogP contribution in [0.5, 0.6) is 0 Å². The average molecular weight is 325 g/mol. The first-order valence-corrected chi connectivity index (χ1v) is 6.88. The molecule has 2 aromatic rings. The third kappa shape index (κ3) is 3.40. The van der Waals surface area contributed by atoms with Crippen molar-refractivity contribution in [2.45, 2.75) is 6.92 Å². The summed E-state index contributed by atoms with van der Waals surface area (Å²) in [5, 5.41) is 4.02. The zero-order chi connectivity index (χ0) is 15.6. The molecule has 0 aliphatic heterocycles. The number of aryl methyl sites for hydroxylation is 1. The zero-order valence-electron chi connectivity index (χ0n) is 11.5. The molecule has 21 heavy (non-hydrogen) atoms. The van der Waals surface area contributed by atoms with Crippen LogP contribution in [0.25, 0.3) is 0 Å². The van der Waals surface area contributed by atoms with Crippen LogP contribution in [0.4, 0.5) is 17.1 Å². The standard InChI is InChI=1S/C15H14Cl2N2O2/c1-8-3-4-10(7-12(8)16)19-14-11(15(20)21-2)5-9(18)6-13(14)17/h3-7,19H,18H2,1-2H3. The van der Waals surface area contributed by atoms with E-state index >= 15 is 0 Å². The van der Waals surface area contributed by atoms with E-state index in [-0.39, 0.29) is 5.56 Å². The summed E-state index contributed by atoms with van der Waals surface area (Å²) in [7, 11) is 1.30. The largest absolute Gasteiger partial charge is 0.465 e. The number of nitrogens with two attached hydrogens (primary N) is 1. The molecule has 0 aliphatic rings. The molecule has 0 bridgehead atoms. The summed E-state index contributed by atoms with van der Waals surface area (Å²) >= 11 is 12.3.